The van der Waals surface area contributed by atoms with Gasteiger partial charge < -0.3 is 16.4 Å². The van der Waals surface area contributed by atoms with E-state index in [9.17, 15) is 14.4 Å². The Morgan fingerprint density at radius 1 is 1.32 bits per heavy atom. The minimum absolute atomic E-state index is 0.0312. The first-order valence-electron chi connectivity index (χ1n) is 10.1. The number of urea groups is 1. The zero-order chi connectivity index (χ0) is 22.3. The van der Waals surface area contributed by atoms with Crippen LogP contribution in [0.5, 0.6) is 0 Å². The predicted molar refractivity (Wildman–Crippen MR) is 115 cm³/mol. The van der Waals surface area contributed by atoms with Gasteiger partial charge in [-0.05, 0) is 18.6 Å². The topological polar surface area (TPSA) is 138 Å². The quantitative estimate of drug-likeness (QED) is 0.643. The van der Waals surface area contributed by atoms with E-state index in [1.165, 1.54) is 4.90 Å². The van der Waals surface area contributed by atoms with Crippen LogP contribution < -0.4 is 26.2 Å². The Bertz CT molecular complexity index is 1050. The molecular formula is C20H26N8O3. The monoisotopic (exact) mass is 426 g/mol. The third kappa shape index (κ3) is 3.83. The van der Waals surface area contributed by atoms with E-state index in [1.807, 2.05) is 13.8 Å². The number of nitrogens with one attached hydrogen (secondary N) is 2. The number of rotatable bonds is 5. The van der Waals surface area contributed by atoms with Crippen LogP contribution in [0.4, 0.5) is 22.1 Å². The minimum atomic E-state index is -0.466. The van der Waals surface area contributed by atoms with Crippen LogP contribution in [0.3, 0.4) is 0 Å². The molecule has 4 heterocycles. The molecule has 2 saturated heterocycles. The van der Waals surface area contributed by atoms with Crippen molar-refractivity contribution in [3.05, 3.63) is 30.1 Å². The zero-order valence-electron chi connectivity index (χ0n) is 17.8. The lowest BCUT2D eigenvalue weighted by molar-refractivity contribution is -0.124. The van der Waals surface area contributed by atoms with E-state index in [4.69, 9.17) is 5.73 Å². The predicted octanol–water partition coefficient (Wildman–Crippen LogP) is 0.687. The van der Waals surface area contributed by atoms with Crippen molar-refractivity contribution in [1.29, 1.82) is 0 Å². The van der Waals surface area contributed by atoms with Crippen LogP contribution in [-0.2, 0) is 11.8 Å². The summed E-state index contributed by atoms with van der Waals surface area (Å²) in [5.74, 6) is 0.282. The van der Waals surface area contributed by atoms with Crippen LogP contribution in [-0.4, -0.2) is 58.3 Å². The molecule has 2 aliphatic heterocycles. The first-order valence-corrected chi connectivity index (χ1v) is 10.1. The highest BCUT2D eigenvalue weighted by Gasteiger charge is 2.41. The van der Waals surface area contributed by atoms with Crippen molar-refractivity contribution in [3.8, 4) is 0 Å². The molecule has 2 fully saturated rings. The molecule has 0 bridgehead atoms. The van der Waals surface area contributed by atoms with E-state index >= 15 is 0 Å². The van der Waals surface area contributed by atoms with Gasteiger partial charge in [0.2, 0.25) is 5.91 Å². The molecule has 0 aromatic carbocycles. The molecule has 11 nitrogen and oxygen atoms in total. The van der Waals surface area contributed by atoms with E-state index < -0.39 is 11.3 Å². The molecule has 0 aliphatic carbocycles. The average molecular weight is 426 g/mol. The fourth-order valence-corrected chi connectivity index (χ4v) is 3.75. The largest absolute Gasteiger partial charge is 0.332 e. The second-order valence-corrected chi connectivity index (χ2v) is 8.46. The lowest BCUT2D eigenvalue weighted by Gasteiger charge is -2.19. The van der Waals surface area contributed by atoms with E-state index in [0.717, 1.165) is 0 Å². The number of amides is 4. The van der Waals surface area contributed by atoms with Crippen molar-refractivity contribution in [2.45, 2.75) is 26.3 Å². The van der Waals surface area contributed by atoms with Gasteiger partial charge in [-0.3, -0.25) is 24.1 Å². The number of nitrogens with zero attached hydrogens (tertiary/aromatic N) is 5. The van der Waals surface area contributed by atoms with E-state index in [-0.39, 0.29) is 23.7 Å². The van der Waals surface area contributed by atoms with Gasteiger partial charge in [0.15, 0.2) is 5.82 Å². The molecule has 2 aromatic rings. The Hall–Kier alpha value is -3.47. The molecule has 2 aromatic heterocycles. The van der Waals surface area contributed by atoms with Gasteiger partial charge in [0.1, 0.15) is 17.2 Å². The molecule has 1 atom stereocenters. The number of anilines is 3. The fourth-order valence-electron chi connectivity index (χ4n) is 3.75. The molecule has 31 heavy (non-hydrogen) atoms. The third-order valence-electron chi connectivity index (χ3n) is 5.60. The summed E-state index contributed by atoms with van der Waals surface area (Å²) >= 11 is 0. The molecule has 0 unspecified atom stereocenters. The Morgan fingerprint density at radius 2 is 2.10 bits per heavy atom. The smallest absolute Gasteiger partial charge is 0.323 e. The summed E-state index contributed by atoms with van der Waals surface area (Å²) in [5.41, 5.74) is 5.73. The van der Waals surface area contributed by atoms with E-state index in [2.05, 4.69) is 20.7 Å². The lowest BCUT2D eigenvalue weighted by Crippen LogP contribution is -2.33. The maximum Gasteiger partial charge on any atom is 0.323 e. The Morgan fingerprint density at radius 3 is 2.74 bits per heavy atom. The van der Waals surface area contributed by atoms with Crippen LogP contribution >= 0.6 is 0 Å². The van der Waals surface area contributed by atoms with Gasteiger partial charge >= 0.3 is 6.03 Å². The van der Waals surface area contributed by atoms with Crippen molar-refractivity contribution in [2.75, 3.05) is 34.8 Å². The molecule has 0 radical (unpaired) electrons. The van der Waals surface area contributed by atoms with Gasteiger partial charge in [0.05, 0.1) is 18.8 Å². The summed E-state index contributed by atoms with van der Waals surface area (Å²) in [6, 6.07) is 4.43. The highest BCUT2D eigenvalue weighted by molar-refractivity contribution is 6.07. The molecule has 4 rings (SSSR count). The summed E-state index contributed by atoms with van der Waals surface area (Å²) in [6.45, 7) is 5.03. The molecular weight excluding hydrogens is 400 g/mol. The van der Waals surface area contributed by atoms with Crippen molar-refractivity contribution in [3.63, 3.8) is 0 Å². The van der Waals surface area contributed by atoms with E-state index in [0.29, 0.717) is 43.4 Å². The third-order valence-corrected chi connectivity index (χ3v) is 5.60. The van der Waals surface area contributed by atoms with Crippen LogP contribution in [0, 0.1) is 5.41 Å². The fraction of sp³-hybridized carbons (Fsp3) is 0.450. The SMILES string of the molecule is Cn1cc(NC(=O)c2cccc(N3C[C@@H](CN)NC3=O)n2)c(N2CCC(C)(C)C2=O)n1. The van der Waals surface area contributed by atoms with Gasteiger partial charge in [-0.15, -0.1) is 0 Å². The van der Waals surface area contributed by atoms with E-state index in [1.54, 1.807) is 41.0 Å². The second kappa shape index (κ2) is 7.65. The van der Waals surface area contributed by atoms with Crippen LogP contribution in [0.25, 0.3) is 0 Å². The highest BCUT2D eigenvalue weighted by atomic mass is 16.2. The van der Waals surface area contributed by atoms with Crippen LogP contribution in [0.2, 0.25) is 0 Å². The minimum Gasteiger partial charge on any atom is -0.332 e. The number of nitrogens with two attached hydrogens (primary N) is 1. The molecule has 0 saturated carbocycles. The molecule has 0 spiro atoms. The number of aromatic nitrogens is 3. The maximum atomic E-state index is 12.9. The summed E-state index contributed by atoms with van der Waals surface area (Å²) in [6.07, 6.45) is 2.36. The van der Waals surface area contributed by atoms with Gasteiger partial charge in [-0.1, -0.05) is 19.9 Å². The number of aryl methyl sites for hydroxylation is 1. The van der Waals surface area contributed by atoms with Gasteiger partial charge in [-0.2, -0.15) is 5.10 Å². The highest BCUT2D eigenvalue weighted by Crippen LogP contribution is 2.36. The summed E-state index contributed by atoms with van der Waals surface area (Å²) in [4.78, 5) is 45.2. The molecule has 164 valence electrons. The van der Waals surface area contributed by atoms with Crippen molar-refractivity contribution in [2.24, 2.45) is 18.2 Å². The normalized spacial score (nSPS) is 20.3. The number of carbonyl (C=O) groups is 3. The maximum absolute atomic E-state index is 12.9. The summed E-state index contributed by atoms with van der Waals surface area (Å²) in [7, 11) is 1.73. The average Bonchev–Trinajstić information content (AvgIpc) is 3.37. The molecule has 4 N–H and O–H groups in total. The number of pyridine rings is 1. The van der Waals surface area contributed by atoms with Crippen LogP contribution in [0.15, 0.2) is 24.4 Å². The van der Waals surface area contributed by atoms with Crippen molar-refractivity contribution in [1.82, 2.24) is 20.1 Å². The summed E-state index contributed by atoms with van der Waals surface area (Å²) < 4.78 is 1.55. The Balaban J connectivity index is 1.55. The first kappa shape index (κ1) is 20.8. The zero-order valence-corrected chi connectivity index (χ0v) is 17.8. The van der Waals surface area contributed by atoms with Crippen LogP contribution in [0.1, 0.15) is 30.8 Å². The number of hydrogen-bond acceptors (Lipinski definition) is 6. The number of hydrogen-bond donors (Lipinski definition) is 3. The molecule has 4 amide bonds. The summed E-state index contributed by atoms with van der Waals surface area (Å²) in [5, 5.41) is 9.95. The van der Waals surface area contributed by atoms with Gasteiger partial charge in [0, 0.05) is 25.6 Å². The van der Waals surface area contributed by atoms with Gasteiger partial charge in [-0.25, -0.2) is 9.78 Å². The van der Waals surface area contributed by atoms with Crippen molar-refractivity contribution >= 4 is 35.2 Å². The lowest BCUT2D eigenvalue weighted by atomic mass is 9.92. The Labute approximate surface area is 179 Å². The van der Waals surface area contributed by atoms with Crippen molar-refractivity contribution < 1.29 is 14.4 Å². The Kier molecular flexibility index (Phi) is 5.13. The number of carbonyl (C=O) groups excluding carboxylic acids is 3. The molecule has 2 aliphatic rings. The second-order valence-electron chi connectivity index (χ2n) is 8.46. The van der Waals surface area contributed by atoms with Gasteiger partial charge in [0.25, 0.3) is 5.91 Å². The molecule has 11 heteroatoms. The standard InChI is InChI=1S/C20H26N8O3/c1-20(2)7-8-27(18(20)30)16-14(11-26(3)25-16)24-17(29)13-5-4-6-15(23-13)28-10-12(9-21)22-19(28)31/h4-6,11-12H,7-10,21H2,1-3H3,(H,22,31)(H,24,29)/t12-/m1/s1. The first-order chi connectivity index (χ1) is 14.7.